The van der Waals surface area contributed by atoms with Crippen LogP contribution in [-0.2, 0) is 9.47 Å². The van der Waals surface area contributed by atoms with Crippen molar-refractivity contribution < 1.29 is 18.3 Å². The van der Waals surface area contributed by atoms with Gasteiger partial charge in [0.1, 0.15) is 5.83 Å². The third kappa shape index (κ3) is 4.70. The van der Waals surface area contributed by atoms with Gasteiger partial charge in [-0.05, 0) is 112 Å². The van der Waals surface area contributed by atoms with Crippen LogP contribution in [0.3, 0.4) is 0 Å². The maximum Gasteiger partial charge on any atom is 0.164 e. The molecule has 1 heterocycles. The molecule has 168 valence electrons. The van der Waals surface area contributed by atoms with Crippen LogP contribution in [0.4, 0.5) is 8.78 Å². The Bertz CT molecular complexity index is 631. The van der Waals surface area contributed by atoms with Crippen molar-refractivity contribution in [3.05, 3.63) is 23.6 Å². The summed E-state index contributed by atoms with van der Waals surface area (Å²) >= 11 is 0. The van der Waals surface area contributed by atoms with E-state index < -0.39 is 0 Å². The average molecular weight is 421 g/mol. The molecule has 0 bridgehead atoms. The molecule has 2 nitrogen and oxygen atoms in total. The van der Waals surface area contributed by atoms with Gasteiger partial charge < -0.3 is 9.47 Å². The quantitative estimate of drug-likeness (QED) is 0.489. The first-order valence-electron chi connectivity index (χ1n) is 12.6. The van der Waals surface area contributed by atoms with E-state index in [9.17, 15) is 4.39 Å². The molecule has 5 aliphatic rings. The van der Waals surface area contributed by atoms with Gasteiger partial charge in [0.25, 0.3) is 0 Å². The molecule has 1 aliphatic heterocycles. The molecule has 0 N–H and O–H groups in total. The summed E-state index contributed by atoms with van der Waals surface area (Å²) in [6, 6.07) is 0. The van der Waals surface area contributed by atoms with Gasteiger partial charge in [0, 0.05) is 11.8 Å². The van der Waals surface area contributed by atoms with Gasteiger partial charge in [-0.1, -0.05) is 6.08 Å². The van der Waals surface area contributed by atoms with Crippen LogP contribution in [0.2, 0.25) is 0 Å². The van der Waals surface area contributed by atoms with Gasteiger partial charge in [-0.2, -0.15) is 0 Å². The normalized spacial score (nSPS) is 43.1. The van der Waals surface area contributed by atoms with Crippen LogP contribution in [-0.4, -0.2) is 26.2 Å². The molecule has 4 aliphatic carbocycles. The summed E-state index contributed by atoms with van der Waals surface area (Å²) in [5, 5.41) is 0. The van der Waals surface area contributed by atoms with Crippen molar-refractivity contribution >= 4 is 0 Å². The molecule has 1 atom stereocenters. The highest BCUT2D eigenvalue weighted by Gasteiger charge is 2.38. The lowest BCUT2D eigenvalue weighted by Gasteiger charge is -2.38. The van der Waals surface area contributed by atoms with Crippen molar-refractivity contribution in [2.75, 3.05) is 19.9 Å². The van der Waals surface area contributed by atoms with Gasteiger partial charge in [-0.25, -0.2) is 4.39 Å². The second-order valence-electron chi connectivity index (χ2n) is 10.8. The second kappa shape index (κ2) is 9.40. The summed E-state index contributed by atoms with van der Waals surface area (Å²) in [7, 11) is 0. The monoisotopic (exact) mass is 420 g/mol. The molecule has 0 radical (unpaired) electrons. The zero-order valence-electron chi connectivity index (χ0n) is 18.2. The minimum absolute atomic E-state index is 0.0101. The van der Waals surface area contributed by atoms with Gasteiger partial charge in [-0.15, -0.1) is 0 Å². The Labute approximate surface area is 180 Å². The zero-order valence-corrected chi connectivity index (χ0v) is 18.2. The Morgan fingerprint density at radius 1 is 0.767 bits per heavy atom. The predicted octanol–water partition coefficient (Wildman–Crippen LogP) is 6.77. The van der Waals surface area contributed by atoms with Crippen molar-refractivity contribution in [2.45, 2.75) is 76.9 Å². The topological polar surface area (TPSA) is 18.5 Å². The summed E-state index contributed by atoms with van der Waals surface area (Å²) in [6.45, 7) is 1.41. The summed E-state index contributed by atoms with van der Waals surface area (Å²) in [4.78, 5) is 0. The zero-order chi connectivity index (χ0) is 20.5. The van der Waals surface area contributed by atoms with Crippen molar-refractivity contribution in [3.8, 4) is 0 Å². The van der Waals surface area contributed by atoms with E-state index >= 15 is 4.39 Å². The number of hydrogen-bond donors (Lipinski definition) is 0. The van der Waals surface area contributed by atoms with E-state index in [4.69, 9.17) is 9.47 Å². The minimum Gasteiger partial charge on any atom is -0.352 e. The fraction of sp³-hybridized carbons (Fsp3) is 0.846. The minimum atomic E-state index is -0.279. The molecule has 0 amide bonds. The van der Waals surface area contributed by atoms with Crippen LogP contribution < -0.4 is 0 Å². The Hall–Kier alpha value is -0.740. The molecule has 0 spiro atoms. The molecule has 5 rings (SSSR count). The van der Waals surface area contributed by atoms with E-state index in [1.54, 1.807) is 6.08 Å². The Kier molecular flexibility index (Phi) is 6.62. The largest absolute Gasteiger partial charge is 0.352 e. The molecule has 0 aromatic carbocycles. The molecule has 1 unspecified atom stereocenters. The molecule has 4 fully saturated rings. The first kappa shape index (κ1) is 21.1. The van der Waals surface area contributed by atoms with Gasteiger partial charge in [0.15, 0.2) is 6.29 Å². The molecule has 3 saturated carbocycles. The third-order valence-electron chi connectivity index (χ3n) is 8.82. The van der Waals surface area contributed by atoms with Crippen LogP contribution in [0, 0.1) is 41.4 Å². The molecule has 4 heteroatoms. The number of allylic oxidation sites excluding steroid dienone is 3. The number of halogens is 2. The molecule has 30 heavy (non-hydrogen) atoms. The Morgan fingerprint density at radius 2 is 1.33 bits per heavy atom. The van der Waals surface area contributed by atoms with E-state index in [-0.39, 0.29) is 24.7 Å². The van der Waals surface area contributed by atoms with Crippen LogP contribution in [0.15, 0.2) is 23.6 Å². The molecular formula is C26H38F2O2. The van der Waals surface area contributed by atoms with Crippen LogP contribution in [0.5, 0.6) is 0 Å². The summed E-state index contributed by atoms with van der Waals surface area (Å²) in [6.07, 6.45) is 16.2. The summed E-state index contributed by atoms with van der Waals surface area (Å²) < 4.78 is 39.9. The fourth-order valence-electron chi connectivity index (χ4n) is 6.60. The standard InChI is InChI=1S/C26H38F2O2/c27-14-17-1-3-18(4-2-17)19-7-9-21(10-8-19)24-12-11-22(13-25(24)28)26-29-15-23(16-30-26)20-5-6-20/h12-13,17-23,26H,1-11,14-16H2. The molecular weight excluding hydrogens is 382 g/mol. The lowest BCUT2D eigenvalue weighted by atomic mass is 9.68. The fourth-order valence-corrected chi connectivity index (χ4v) is 6.60. The average Bonchev–Trinajstić information content (AvgIpc) is 3.65. The summed E-state index contributed by atoms with van der Waals surface area (Å²) in [5.41, 5.74) is 0.942. The van der Waals surface area contributed by atoms with E-state index in [1.165, 1.54) is 38.5 Å². The van der Waals surface area contributed by atoms with Crippen LogP contribution in [0.25, 0.3) is 0 Å². The number of rotatable bonds is 5. The molecule has 1 saturated heterocycles. The summed E-state index contributed by atoms with van der Waals surface area (Å²) in [5.74, 6) is 3.55. The smallest absolute Gasteiger partial charge is 0.164 e. The van der Waals surface area contributed by atoms with E-state index in [0.717, 1.165) is 68.6 Å². The first-order valence-corrected chi connectivity index (χ1v) is 12.6. The Morgan fingerprint density at radius 3 is 1.90 bits per heavy atom. The lowest BCUT2D eigenvalue weighted by molar-refractivity contribution is -0.219. The van der Waals surface area contributed by atoms with Crippen molar-refractivity contribution in [2.24, 2.45) is 41.4 Å². The van der Waals surface area contributed by atoms with Crippen molar-refractivity contribution in [3.63, 3.8) is 0 Å². The predicted molar refractivity (Wildman–Crippen MR) is 114 cm³/mol. The van der Waals surface area contributed by atoms with Gasteiger partial charge >= 0.3 is 0 Å². The van der Waals surface area contributed by atoms with E-state index in [2.05, 4.69) is 6.08 Å². The van der Waals surface area contributed by atoms with Gasteiger partial charge in [-0.3, -0.25) is 4.39 Å². The van der Waals surface area contributed by atoms with Crippen LogP contribution in [0.1, 0.15) is 70.6 Å². The van der Waals surface area contributed by atoms with Crippen molar-refractivity contribution in [1.82, 2.24) is 0 Å². The lowest BCUT2D eigenvalue weighted by Crippen LogP contribution is -2.37. The maximum atomic E-state index is 15.0. The first-order chi connectivity index (χ1) is 14.7. The molecule has 0 aromatic rings. The third-order valence-corrected chi connectivity index (χ3v) is 8.82. The van der Waals surface area contributed by atoms with Gasteiger partial charge in [0.2, 0.25) is 0 Å². The highest BCUT2D eigenvalue weighted by molar-refractivity contribution is 5.32. The number of alkyl halides is 1. The SMILES string of the molecule is FCC1CCC(C2CCC(C3=CCC(C4OCC(C5CC5)CO4)C=C3F)CC2)CC1. The van der Waals surface area contributed by atoms with Crippen molar-refractivity contribution in [1.29, 1.82) is 0 Å². The van der Waals surface area contributed by atoms with E-state index in [0.29, 0.717) is 17.8 Å². The number of hydrogen-bond acceptors (Lipinski definition) is 2. The van der Waals surface area contributed by atoms with Crippen LogP contribution >= 0.6 is 0 Å². The van der Waals surface area contributed by atoms with E-state index in [1.807, 2.05) is 0 Å². The second-order valence-corrected chi connectivity index (χ2v) is 10.8. The number of ether oxygens (including phenoxy) is 2. The van der Waals surface area contributed by atoms with Gasteiger partial charge in [0.05, 0.1) is 19.9 Å². The highest BCUT2D eigenvalue weighted by Crippen LogP contribution is 2.45. The highest BCUT2D eigenvalue weighted by atomic mass is 19.1. The Balaban J connectivity index is 1.09. The molecule has 0 aromatic heterocycles. The maximum absolute atomic E-state index is 15.0.